The largest absolute Gasteiger partial charge is 0.409 e. The molecule has 2 aromatic rings. The van der Waals surface area contributed by atoms with Gasteiger partial charge in [0.1, 0.15) is 12.7 Å². The Labute approximate surface area is 119 Å². The standard InChI is InChI=1S/C10H6Br2N4O2/c11-6-1-2-7(8(12)3-6)9(17)10(15-18)16-5-13-4-14-16/h1-5,18H/b15-10+. The average Bonchev–Trinajstić information content (AvgIpc) is 2.83. The van der Waals surface area contributed by atoms with Gasteiger partial charge in [0.2, 0.25) is 11.6 Å². The van der Waals surface area contributed by atoms with Crippen molar-refractivity contribution in [3.63, 3.8) is 0 Å². The van der Waals surface area contributed by atoms with Crippen molar-refractivity contribution in [3.8, 4) is 0 Å². The molecule has 0 atom stereocenters. The topological polar surface area (TPSA) is 80.4 Å². The third-order valence-electron chi connectivity index (χ3n) is 2.11. The fourth-order valence-electron chi connectivity index (χ4n) is 1.31. The second-order valence-electron chi connectivity index (χ2n) is 3.22. The smallest absolute Gasteiger partial charge is 0.242 e. The van der Waals surface area contributed by atoms with Gasteiger partial charge in [-0.1, -0.05) is 21.1 Å². The number of aromatic nitrogens is 3. The summed E-state index contributed by atoms with van der Waals surface area (Å²) < 4.78 is 2.51. The van der Waals surface area contributed by atoms with Crippen molar-refractivity contribution in [2.75, 3.05) is 0 Å². The maximum atomic E-state index is 12.2. The highest BCUT2D eigenvalue weighted by molar-refractivity contribution is 9.11. The SMILES string of the molecule is O=C(/C(=N\O)n1cncn1)c1ccc(Br)cc1Br. The molecule has 92 valence electrons. The number of Topliss-reactive ketones (excluding diaryl/α,β-unsaturated/α-hetero) is 1. The Balaban J connectivity index is 2.42. The first-order valence-corrected chi connectivity index (χ1v) is 6.29. The number of oxime groups is 1. The molecule has 0 aliphatic rings. The minimum Gasteiger partial charge on any atom is -0.409 e. The van der Waals surface area contributed by atoms with Gasteiger partial charge in [-0.25, -0.2) is 4.98 Å². The summed E-state index contributed by atoms with van der Waals surface area (Å²) in [6.07, 6.45) is 2.52. The van der Waals surface area contributed by atoms with Gasteiger partial charge in [-0.05, 0) is 34.1 Å². The number of halogens is 2. The summed E-state index contributed by atoms with van der Waals surface area (Å²) >= 11 is 6.57. The van der Waals surface area contributed by atoms with E-state index in [0.29, 0.717) is 10.0 Å². The van der Waals surface area contributed by atoms with E-state index in [4.69, 9.17) is 5.21 Å². The van der Waals surface area contributed by atoms with Crippen molar-refractivity contribution in [1.82, 2.24) is 14.8 Å². The minimum atomic E-state index is -0.470. The molecule has 6 nitrogen and oxygen atoms in total. The maximum Gasteiger partial charge on any atom is 0.242 e. The Bertz CT molecular complexity index is 610. The molecule has 1 N–H and O–H groups in total. The lowest BCUT2D eigenvalue weighted by molar-refractivity contribution is 0.105. The number of carbonyl (C=O) groups is 1. The van der Waals surface area contributed by atoms with Crippen LogP contribution in [0.15, 0.2) is 45.0 Å². The second kappa shape index (κ2) is 5.40. The lowest BCUT2D eigenvalue weighted by Gasteiger charge is -2.05. The van der Waals surface area contributed by atoms with Crippen molar-refractivity contribution in [1.29, 1.82) is 0 Å². The fourth-order valence-corrected chi connectivity index (χ4v) is 2.53. The van der Waals surface area contributed by atoms with Crippen LogP contribution in [0.3, 0.4) is 0 Å². The van der Waals surface area contributed by atoms with E-state index in [1.165, 1.54) is 12.7 Å². The van der Waals surface area contributed by atoms with Crippen LogP contribution in [-0.2, 0) is 0 Å². The quantitative estimate of drug-likeness (QED) is 0.288. The molecule has 1 heterocycles. The summed E-state index contributed by atoms with van der Waals surface area (Å²) in [4.78, 5) is 15.9. The van der Waals surface area contributed by atoms with Crippen molar-refractivity contribution >= 4 is 43.5 Å². The van der Waals surface area contributed by atoms with E-state index >= 15 is 0 Å². The number of carbonyl (C=O) groups excluding carboxylic acids is 1. The first-order chi connectivity index (χ1) is 8.63. The molecule has 0 aliphatic carbocycles. The molecule has 0 aliphatic heterocycles. The van der Waals surface area contributed by atoms with E-state index in [1.807, 2.05) is 0 Å². The Kier molecular flexibility index (Phi) is 3.87. The monoisotopic (exact) mass is 372 g/mol. The number of hydrogen-bond acceptors (Lipinski definition) is 5. The molecule has 0 bridgehead atoms. The zero-order chi connectivity index (χ0) is 13.1. The highest BCUT2D eigenvalue weighted by Gasteiger charge is 2.20. The summed E-state index contributed by atoms with van der Waals surface area (Å²) in [5.74, 6) is -0.696. The molecule has 18 heavy (non-hydrogen) atoms. The van der Waals surface area contributed by atoms with Crippen LogP contribution in [0, 0.1) is 0 Å². The molecular weight excluding hydrogens is 368 g/mol. The maximum absolute atomic E-state index is 12.2. The number of benzene rings is 1. The van der Waals surface area contributed by atoms with Crippen LogP contribution in [0.4, 0.5) is 0 Å². The van der Waals surface area contributed by atoms with Crippen LogP contribution in [0.5, 0.6) is 0 Å². The lowest BCUT2D eigenvalue weighted by Crippen LogP contribution is -2.24. The summed E-state index contributed by atoms with van der Waals surface area (Å²) in [5.41, 5.74) is 0.363. The predicted octanol–water partition coefficient (Wildman–Crippen LogP) is 2.32. The van der Waals surface area contributed by atoms with Gasteiger partial charge in [-0.2, -0.15) is 9.78 Å². The summed E-state index contributed by atoms with van der Waals surface area (Å²) in [7, 11) is 0. The normalized spacial score (nSPS) is 11.6. The highest BCUT2D eigenvalue weighted by Crippen LogP contribution is 2.22. The zero-order valence-corrected chi connectivity index (χ0v) is 12.0. The third-order valence-corrected chi connectivity index (χ3v) is 3.26. The first-order valence-electron chi connectivity index (χ1n) is 4.70. The molecule has 0 fully saturated rings. The van der Waals surface area contributed by atoms with E-state index in [0.717, 1.165) is 9.15 Å². The molecule has 1 aromatic carbocycles. The fraction of sp³-hybridized carbons (Fsp3) is 0. The molecule has 0 unspecified atom stereocenters. The van der Waals surface area contributed by atoms with Gasteiger partial charge in [0.25, 0.3) is 0 Å². The zero-order valence-electron chi connectivity index (χ0n) is 8.79. The van der Waals surface area contributed by atoms with E-state index in [1.54, 1.807) is 18.2 Å². The number of hydrogen-bond donors (Lipinski definition) is 1. The van der Waals surface area contributed by atoms with E-state index in [2.05, 4.69) is 47.1 Å². The molecule has 0 spiro atoms. The van der Waals surface area contributed by atoms with Crippen LogP contribution >= 0.6 is 31.9 Å². The van der Waals surface area contributed by atoms with Crippen molar-refractivity contribution < 1.29 is 10.0 Å². The molecule has 0 amide bonds. The Morgan fingerprint density at radius 3 is 2.72 bits per heavy atom. The van der Waals surface area contributed by atoms with Gasteiger partial charge >= 0.3 is 0 Å². The van der Waals surface area contributed by atoms with Crippen LogP contribution < -0.4 is 0 Å². The summed E-state index contributed by atoms with van der Waals surface area (Å²) in [5, 5.41) is 15.6. The summed E-state index contributed by atoms with van der Waals surface area (Å²) in [6.45, 7) is 0. The minimum absolute atomic E-state index is 0.226. The van der Waals surface area contributed by atoms with Gasteiger partial charge in [0.05, 0.1) is 0 Å². The van der Waals surface area contributed by atoms with Gasteiger partial charge in [-0.15, -0.1) is 0 Å². The highest BCUT2D eigenvalue weighted by atomic mass is 79.9. The molecular formula is C10H6Br2N4O2. The first kappa shape index (κ1) is 12.9. The van der Waals surface area contributed by atoms with E-state index in [-0.39, 0.29) is 5.84 Å². The Hall–Kier alpha value is -1.54. The summed E-state index contributed by atoms with van der Waals surface area (Å²) in [6, 6.07) is 5.05. The van der Waals surface area contributed by atoms with Crippen LogP contribution in [0.2, 0.25) is 0 Å². The molecule has 0 saturated carbocycles. The van der Waals surface area contributed by atoms with Crippen molar-refractivity contribution in [3.05, 3.63) is 45.4 Å². The number of nitrogens with zero attached hydrogens (tertiary/aromatic N) is 4. The second-order valence-corrected chi connectivity index (χ2v) is 4.99. The molecule has 1 aromatic heterocycles. The van der Waals surface area contributed by atoms with Crippen molar-refractivity contribution in [2.45, 2.75) is 0 Å². The van der Waals surface area contributed by atoms with Crippen LogP contribution in [0.1, 0.15) is 10.4 Å². The van der Waals surface area contributed by atoms with Crippen LogP contribution in [0.25, 0.3) is 0 Å². The Morgan fingerprint density at radius 1 is 1.39 bits per heavy atom. The average molecular weight is 374 g/mol. The molecule has 0 saturated heterocycles. The lowest BCUT2D eigenvalue weighted by atomic mass is 10.1. The van der Waals surface area contributed by atoms with Gasteiger partial charge in [0.15, 0.2) is 0 Å². The third kappa shape index (κ3) is 2.49. The van der Waals surface area contributed by atoms with Gasteiger partial charge in [0, 0.05) is 14.5 Å². The molecule has 2 rings (SSSR count). The van der Waals surface area contributed by atoms with E-state index in [9.17, 15) is 4.79 Å². The molecule has 8 heteroatoms. The van der Waals surface area contributed by atoms with Gasteiger partial charge < -0.3 is 5.21 Å². The van der Waals surface area contributed by atoms with Gasteiger partial charge in [-0.3, -0.25) is 4.79 Å². The molecule has 0 radical (unpaired) electrons. The van der Waals surface area contributed by atoms with Crippen molar-refractivity contribution in [2.24, 2.45) is 5.16 Å². The van der Waals surface area contributed by atoms with E-state index < -0.39 is 5.78 Å². The number of rotatable bonds is 2. The number of ketones is 1. The van der Waals surface area contributed by atoms with Crippen LogP contribution in [-0.4, -0.2) is 31.6 Å². The predicted molar refractivity (Wildman–Crippen MR) is 70.8 cm³/mol. The Morgan fingerprint density at radius 2 is 2.17 bits per heavy atom.